The minimum absolute atomic E-state index is 0.0221. The van der Waals surface area contributed by atoms with Crippen molar-refractivity contribution in [3.8, 4) is 5.69 Å². The first-order valence-electron chi connectivity index (χ1n) is 10.8. The number of carbonyl (C=O) groups is 1. The molecule has 1 N–H and O–H groups in total. The van der Waals surface area contributed by atoms with Crippen LogP contribution in [0.4, 0.5) is 13.2 Å². The van der Waals surface area contributed by atoms with Gasteiger partial charge in [-0.15, -0.1) is 0 Å². The minimum Gasteiger partial charge on any atom is -0.348 e. The molecule has 0 radical (unpaired) electrons. The van der Waals surface area contributed by atoms with E-state index in [1.165, 1.54) is 67.0 Å². The monoisotopic (exact) mass is 528 g/mol. The summed E-state index contributed by atoms with van der Waals surface area (Å²) in [6, 6.07) is 14.2. The van der Waals surface area contributed by atoms with Gasteiger partial charge in [0.1, 0.15) is 5.56 Å². The van der Waals surface area contributed by atoms with E-state index in [-0.39, 0.29) is 27.8 Å². The maximum absolute atomic E-state index is 13.1. The zero-order chi connectivity index (χ0) is 26.8. The molecule has 2 aromatic heterocycles. The average Bonchev–Trinajstić information content (AvgIpc) is 2.88. The number of nitrogens with zero attached hydrogens (tertiary/aromatic N) is 3. The van der Waals surface area contributed by atoms with Gasteiger partial charge in [-0.2, -0.15) is 13.2 Å². The Balaban J connectivity index is 1.53. The Morgan fingerprint density at radius 2 is 1.65 bits per heavy atom. The number of aromatic nitrogens is 3. The number of benzene rings is 2. The number of hydrogen-bond donors (Lipinski definition) is 1. The first-order chi connectivity index (χ1) is 17.5. The fourth-order valence-electron chi connectivity index (χ4n) is 3.54. The highest BCUT2D eigenvalue weighted by atomic mass is 32.2. The minimum atomic E-state index is -4.59. The molecule has 2 aromatic carbocycles. The van der Waals surface area contributed by atoms with Gasteiger partial charge < -0.3 is 5.32 Å². The molecular weight excluding hydrogens is 509 g/mol. The maximum atomic E-state index is 13.1. The van der Waals surface area contributed by atoms with E-state index in [0.717, 1.165) is 16.7 Å². The molecule has 0 fully saturated rings. The summed E-state index contributed by atoms with van der Waals surface area (Å²) in [6.07, 6.45) is -1.96. The molecule has 2 heterocycles. The second-order valence-electron chi connectivity index (χ2n) is 7.94. The first-order valence-corrected chi connectivity index (χ1v) is 12.3. The quantitative estimate of drug-likeness (QED) is 0.382. The molecule has 4 rings (SSSR count). The van der Waals surface area contributed by atoms with Crippen LogP contribution in [-0.4, -0.2) is 28.9 Å². The lowest BCUT2D eigenvalue weighted by atomic mass is 10.1. The van der Waals surface area contributed by atoms with Gasteiger partial charge in [0.15, 0.2) is 0 Å². The summed E-state index contributed by atoms with van der Waals surface area (Å²) in [7, 11) is -3.91. The highest BCUT2D eigenvalue weighted by Crippen LogP contribution is 2.30. The Morgan fingerprint density at radius 3 is 2.30 bits per heavy atom. The van der Waals surface area contributed by atoms with Gasteiger partial charge in [0.2, 0.25) is 9.84 Å². The summed E-state index contributed by atoms with van der Waals surface area (Å²) in [5.41, 5.74) is -1.09. The van der Waals surface area contributed by atoms with Crippen LogP contribution in [0.2, 0.25) is 0 Å². The summed E-state index contributed by atoms with van der Waals surface area (Å²) in [5, 5.41) is 2.23. The molecule has 0 aliphatic heterocycles. The predicted octanol–water partition coefficient (Wildman–Crippen LogP) is 3.72. The van der Waals surface area contributed by atoms with Crippen molar-refractivity contribution < 1.29 is 26.4 Å². The molecule has 1 amide bonds. The number of carbonyl (C=O) groups excluding carboxylic acids is 1. The van der Waals surface area contributed by atoms with Crippen molar-refractivity contribution in [2.45, 2.75) is 29.7 Å². The third-order valence-corrected chi connectivity index (χ3v) is 7.01. The fraction of sp³-hybridized carbons (Fsp3) is 0.120. The van der Waals surface area contributed by atoms with E-state index in [9.17, 15) is 31.2 Å². The molecule has 0 unspecified atom stereocenters. The highest BCUT2D eigenvalue weighted by Gasteiger charge is 2.30. The van der Waals surface area contributed by atoms with Gasteiger partial charge in [-0.1, -0.05) is 18.2 Å². The van der Waals surface area contributed by atoms with Crippen LogP contribution in [0, 0.1) is 6.92 Å². The van der Waals surface area contributed by atoms with Gasteiger partial charge in [-0.3, -0.25) is 14.2 Å². The third-order valence-electron chi connectivity index (χ3n) is 5.42. The van der Waals surface area contributed by atoms with Crippen LogP contribution in [0.5, 0.6) is 0 Å². The molecule has 0 saturated carbocycles. The lowest BCUT2D eigenvalue weighted by Crippen LogP contribution is -2.33. The van der Waals surface area contributed by atoms with E-state index in [4.69, 9.17) is 0 Å². The van der Waals surface area contributed by atoms with E-state index in [0.29, 0.717) is 11.3 Å². The molecule has 4 aromatic rings. The number of halogens is 3. The predicted molar refractivity (Wildman–Crippen MR) is 127 cm³/mol. The highest BCUT2D eigenvalue weighted by molar-refractivity contribution is 7.91. The lowest BCUT2D eigenvalue weighted by molar-refractivity contribution is -0.137. The van der Waals surface area contributed by atoms with Crippen LogP contribution in [0.25, 0.3) is 5.69 Å². The molecule has 8 nitrogen and oxygen atoms in total. The number of aryl methyl sites for hydroxylation is 1. The van der Waals surface area contributed by atoms with E-state index < -0.39 is 33.0 Å². The van der Waals surface area contributed by atoms with Gasteiger partial charge in [0.25, 0.3) is 16.6 Å². The third kappa shape index (κ3) is 5.43. The molecule has 0 saturated heterocycles. The number of nitrogens with one attached hydrogen (secondary N) is 1. The van der Waals surface area contributed by atoms with Crippen molar-refractivity contribution in [2.24, 2.45) is 0 Å². The number of alkyl halides is 3. The largest absolute Gasteiger partial charge is 0.416 e. The van der Waals surface area contributed by atoms with Gasteiger partial charge >= 0.3 is 6.18 Å². The molecule has 0 aliphatic carbocycles. The van der Waals surface area contributed by atoms with Crippen LogP contribution in [0.1, 0.15) is 27.2 Å². The molecule has 0 bridgehead atoms. The van der Waals surface area contributed by atoms with Crippen LogP contribution in [0.15, 0.2) is 94.0 Å². The lowest BCUT2D eigenvalue weighted by Gasteiger charge is -2.14. The number of amides is 1. The SMILES string of the molecule is Cc1ccc(C(=O)NCc2ccc(S(=O)(=O)c3ncccn3)cc2)c(=O)n1-c1cccc(C(F)(F)F)c1. The van der Waals surface area contributed by atoms with Gasteiger partial charge in [-0.25, -0.2) is 18.4 Å². The van der Waals surface area contributed by atoms with Crippen LogP contribution in [0.3, 0.4) is 0 Å². The Hall–Kier alpha value is -4.32. The Kier molecular flexibility index (Phi) is 6.94. The summed E-state index contributed by atoms with van der Waals surface area (Å²) < 4.78 is 65.6. The molecule has 12 heteroatoms. The Morgan fingerprint density at radius 1 is 0.973 bits per heavy atom. The van der Waals surface area contributed by atoms with Crippen molar-refractivity contribution >= 4 is 15.7 Å². The normalized spacial score (nSPS) is 11.8. The average molecular weight is 529 g/mol. The zero-order valence-electron chi connectivity index (χ0n) is 19.2. The first kappa shape index (κ1) is 25.8. The van der Waals surface area contributed by atoms with Gasteiger partial charge in [0, 0.05) is 30.3 Å². The standard InChI is InChI=1S/C25H19F3N4O4S/c1-16-6-11-21(23(34)32(16)19-5-2-4-18(14-19)25(26,27)28)22(33)31-15-17-7-9-20(10-8-17)37(35,36)24-29-12-3-13-30-24/h2-14H,15H2,1H3,(H,31,33). The molecule has 37 heavy (non-hydrogen) atoms. The Bertz CT molecular complexity index is 1620. The summed E-state index contributed by atoms with van der Waals surface area (Å²) >= 11 is 0. The molecule has 190 valence electrons. The number of hydrogen-bond acceptors (Lipinski definition) is 6. The topological polar surface area (TPSA) is 111 Å². The molecule has 0 atom stereocenters. The molecule has 0 spiro atoms. The summed E-state index contributed by atoms with van der Waals surface area (Å²) in [4.78, 5) is 33.3. The number of rotatable bonds is 6. The number of pyridine rings is 1. The van der Waals surface area contributed by atoms with Crippen molar-refractivity contribution in [3.05, 3.63) is 112 Å². The zero-order valence-corrected chi connectivity index (χ0v) is 20.0. The van der Waals surface area contributed by atoms with E-state index >= 15 is 0 Å². The van der Waals surface area contributed by atoms with Crippen molar-refractivity contribution in [1.82, 2.24) is 19.9 Å². The van der Waals surface area contributed by atoms with Crippen molar-refractivity contribution in [2.75, 3.05) is 0 Å². The van der Waals surface area contributed by atoms with Crippen LogP contribution >= 0.6 is 0 Å². The van der Waals surface area contributed by atoms with Crippen LogP contribution < -0.4 is 10.9 Å². The Labute approximate surface area is 209 Å². The second-order valence-corrected chi connectivity index (χ2v) is 9.78. The van der Waals surface area contributed by atoms with Crippen molar-refractivity contribution in [3.63, 3.8) is 0 Å². The van der Waals surface area contributed by atoms with Gasteiger partial charge in [-0.05, 0) is 61.0 Å². The molecular formula is C25H19F3N4O4S. The van der Waals surface area contributed by atoms with E-state index in [1.807, 2.05) is 0 Å². The number of sulfone groups is 1. The molecule has 0 aliphatic rings. The fourth-order valence-corrected chi connectivity index (χ4v) is 4.64. The van der Waals surface area contributed by atoms with Gasteiger partial charge in [0.05, 0.1) is 10.5 Å². The van der Waals surface area contributed by atoms with E-state index in [2.05, 4.69) is 15.3 Å². The smallest absolute Gasteiger partial charge is 0.348 e. The van der Waals surface area contributed by atoms with Crippen LogP contribution in [-0.2, 0) is 22.6 Å². The maximum Gasteiger partial charge on any atom is 0.416 e. The summed E-state index contributed by atoms with van der Waals surface area (Å²) in [5.74, 6) is -0.736. The van der Waals surface area contributed by atoms with E-state index in [1.54, 1.807) is 6.92 Å². The van der Waals surface area contributed by atoms with Crippen molar-refractivity contribution in [1.29, 1.82) is 0 Å². The second kappa shape index (κ2) is 9.97. The summed E-state index contributed by atoms with van der Waals surface area (Å²) in [6.45, 7) is 1.51.